The van der Waals surface area contributed by atoms with Gasteiger partial charge in [-0.3, -0.25) is 0 Å². The fourth-order valence-corrected chi connectivity index (χ4v) is 2.20. The maximum Gasteiger partial charge on any atom is 0.133 e. The van der Waals surface area contributed by atoms with Crippen LogP contribution in [-0.4, -0.2) is 6.04 Å². The van der Waals surface area contributed by atoms with Crippen molar-refractivity contribution in [3.8, 4) is 11.5 Å². The Morgan fingerprint density at radius 2 is 1.90 bits per heavy atom. The average molecular weight is 292 g/mol. The van der Waals surface area contributed by atoms with Gasteiger partial charge in [-0.05, 0) is 49.2 Å². The topological polar surface area (TPSA) is 21.3 Å². The summed E-state index contributed by atoms with van der Waals surface area (Å²) in [5.74, 6) is 1.03. The van der Waals surface area contributed by atoms with Crippen LogP contribution in [0.5, 0.6) is 11.5 Å². The van der Waals surface area contributed by atoms with E-state index >= 15 is 0 Å². The first-order valence-corrected chi connectivity index (χ1v) is 7.04. The van der Waals surface area contributed by atoms with Crippen LogP contribution < -0.4 is 10.1 Å². The van der Waals surface area contributed by atoms with Crippen molar-refractivity contribution in [3.63, 3.8) is 0 Å². The van der Waals surface area contributed by atoms with E-state index in [1.807, 2.05) is 18.2 Å². The van der Waals surface area contributed by atoms with Gasteiger partial charge in [-0.25, -0.2) is 4.39 Å². The molecule has 0 saturated heterocycles. The second-order valence-corrected chi connectivity index (χ2v) is 5.33. The number of halogens is 2. The SMILES string of the molecule is Fc1ccc(Oc2cccc(Cl)c2CNC2CC2)cc1. The number of benzene rings is 2. The van der Waals surface area contributed by atoms with Gasteiger partial charge >= 0.3 is 0 Å². The van der Waals surface area contributed by atoms with E-state index in [0.29, 0.717) is 29.1 Å². The molecule has 0 radical (unpaired) electrons. The molecular formula is C16H15ClFNO. The third-order valence-corrected chi connectivity index (χ3v) is 3.62. The minimum absolute atomic E-state index is 0.279. The van der Waals surface area contributed by atoms with Crippen molar-refractivity contribution in [2.24, 2.45) is 0 Å². The predicted octanol–water partition coefficient (Wildman–Crippen LogP) is 4.52. The normalized spacial score (nSPS) is 14.3. The lowest BCUT2D eigenvalue weighted by molar-refractivity contribution is 0.471. The molecule has 20 heavy (non-hydrogen) atoms. The predicted molar refractivity (Wildman–Crippen MR) is 77.8 cm³/mol. The van der Waals surface area contributed by atoms with E-state index in [-0.39, 0.29) is 5.82 Å². The molecule has 1 aliphatic rings. The van der Waals surface area contributed by atoms with E-state index < -0.39 is 0 Å². The highest BCUT2D eigenvalue weighted by Crippen LogP contribution is 2.31. The van der Waals surface area contributed by atoms with Gasteiger partial charge in [0.15, 0.2) is 0 Å². The first kappa shape index (κ1) is 13.4. The van der Waals surface area contributed by atoms with Gasteiger partial charge in [-0.1, -0.05) is 17.7 Å². The van der Waals surface area contributed by atoms with Crippen LogP contribution in [0.1, 0.15) is 18.4 Å². The largest absolute Gasteiger partial charge is 0.457 e. The molecule has 2 aromatic carbocycles. The van der Waals surface area contributed by atoms with Crippen LogP contribution in [0.4, 0.5) is 4.39 Å². The molecule has 0 spiro atoms. The zero-order valence-corrected chi connectivity index (χ0v) is 11.7. The lowest BCUT2D eigenvalue weighted by atomic mass is 10.2. The van der Waals surface area contributed by atoms with Crippen LogP contribution in [-0.2, 0) is 6.54 Å². The van der Waals surface area contributed by atoms with Crippen molar-refractivity contribution < 1.29 is 9.13 Å². The van der Waals surface area contributed by atoms with Gasteiger partial charge in [0.05, 0.1) is 0 Å². The molecule has 0 unspecified atom stereocenters. The Balaban J connectivity index is 1.80. The molecule has 104 valence electrons. The number of hydrogen-bond acceptors (Lipinski definition) is 2. The summed E-state index contributed by atoms with van der Waals surface area (Å²) in [6, 6.07) is 12.1. The molecule has 0 aromatic heterocycles. The Bertz CT molecular complexity index is 596. The number of nitrogens with one attached hydrogen (secondary N) is 1. The van der Waals surface area contributed by atoms with Gasteiger partial charge in [-0.2, -0.15) is 0 Å². The first-order valence-electron chi connectivity index (χ1n) is 6.66. The zero-order chi connectivity index (χ0) is 13.9. The fourth-order valence-electron chi connectivity index (χ4n) is 1.97. The zero-order valence-electron chi connectivity index (χ0n) is 10.9. The standard InChI is InChI=1S/C16H15ClFNO/c17-15-2-1-3-16(14(15)10-19-12-6-7-12)20-13-8-4-11(18)5-9-13/h1-5,8-9,12,19H,6-7,10H2. The number of ether oxygens (including phenoxy) is 1. The van der Waals surface area contributed by atoms with Crippen LogP contribution in [0.15, 0.2) is 42.5 Å². The second kappa shape index (κ2) is 5.81. The van der Waals surface area contributed by atoms with E-state index in [9.17, 15) is 4.39 Å². The Morgan fingerprint density at radius 3 is 2.60 bits per heavy atom. The van der Waals surface area contributed by atoms with Crippen LogP contribution in [0.25, 0.3) is 0 Å². The molecule has 1 saturated carbocycles. The van der Waals surface area contributed by atoms with E-state index in [4.69, 9.17) is 16.3 Å². The highest BCUT2D eigenvalue weighted by Gasteiger charge is 2.21. The van der Waals surface area contributed by atoms with Crippen LogP contribution in [0.3, 0.4) is 0 Å². The smallest absolute Gasteiger partial charge is 0.133 e. The summed E-state index contributed by atoms with van der Waals surface area (Å²) in [4.78, 5) is 0. The number of hydrogen-bond donors (Lipinski definition) is 1. The van der Waals surface area contributed by atoms with Gasteiger partial charge in [0.2, 0.25) is 0 Å². The quantitative estimate of drug-likeness (QED) is 0.874. The van der Waals surface area contributed by atoms with Crippen molar-refractivity contribution in [1.29, 1.82) is 0 Å². The average Bonchev–Trinajstić information content (AvgIpc) is 3.25. The Hall–Kier alpha value is -1.58. The van der Waals surface area contributed by atoms with Gasteiger partial charge in [0, 0.05) is 23.2 Å². The molecule has 0 bridgehead atoms. The van der Waals surface area contributed by atoms with Crippen LogP contribution in [0, 0.1) is 5.82 Å². The lowest BCUT2D eigenvalue weighted by Crippen LogP contribution is -2.16. The Labute approximate surface area is 122 Å². The molecule has 0 amide bonds. The van der Waals surface area contributed by atoms with Crippen molar-refractivity contribution >= 4 is 11.6 Å². The maximum atomic E-state index is 12.9. The monoisotopic (exact) mass is 291 g/mol. The molecular weight excluding hydrogens is 277 g/mol. The van der Waals surface area contributed by atoms with E-state index in [1.165, 1.54) is 25.0 Å². The van der Waals surface area contributed by atoms with E-state index in [0.717, 1.165) is 5.56 Å². The van der Waals surface area contributed by atoms with Crippen molar-refractivity contribution in [1.82, 2.24) is 5.32 Å². The van der Waals surface area contributed by atoms with Crippen LogP contribution >= 0.6 is 11.6 Å². The first-order chi connectivity index (χ1) is 9.72. The minimum Gasteiger partial charge on any atom is -0.457 e. The number of rotatable bonds is 5. The summed E-state index contributed by atoms with van der Waals surface area (Å²) < 4.78 is 18.7. The van der Waals surface area contributed by atoms with Crippen molar-refractivity contribution in [3.05, 3.63) is 58.9 Å². The third-order valence-electron chi connectivity index (χ3n) is 3.26. The lowest BCUT2D eigenvalue weighted by Gasteiger charge is -2.13. The van der Waals surface area contributed by atoms with E-state index in [1.54, 1.807) is 12.1 Å². The summed E-state index contributed by atoms with van der Waals surface area (Å²) >= 11 is 6.24. The third kappa shape index (κ3) is 3.30. The molecule has 3 rings (SSSR count). The van der Waals surface area contributed by atoms with E-state index in [2.05, 4.69) is 5.32 Å². The van der Waals surface area contributed by atoms with Gasteiger partial charge in [0.1, 0.15) is 17.3 Å². The molecule has 1 fully saturated rings. The molecule has 4 heteroatoms. The molecule has 0 atom stereocenters. The summed E-state index contributed by atoms with van der Waals surface area (Å²) in [6.45, 7) is 0.681. The Morgan fingerprint density at radius 1 is 1.15 bits per heavy atom. The van der Waals surface area contributed by atoms with Crippen molar-refractivity contribution in [2.45, 2.75) is 25.4 Å². The molecule has 2 aromatic rings. The Kier molecular flexibility index (Phi) is 3.90. The molecule has 1 N–H and O–H groups in total. The molecule has 1 aliphatic carbocycles. The maximum absolute atomic E-state index is 12.9. The van der Waals surface area contributed by atoms with Crippen LogP contribution in [0.2, 0.25) is 5.02 Å². The summed E-state index contributed by atoms with van der Waals surface area (Å²) in [6.07, 6.45) is 2.44. The molecule has 0 heterocycles. The minimum atomic E-state index is -0.279. The van der Waals surface area contributed by atoms with Crippen molar-refractivity contribution in [2.75, 3.05) is 0 Å². The molecule has 0 aliphatic heterocycles. The van der Waals surface area contributed by atoms with Gasteiger partial charge in [-0.15, -0.1) is 0 Å². The summed E-state index contributed by atoms with van der Waals surface area (Å²) in [5.41, 5.74) is 0.936. The fraction of sp³-hybridized carbons (Fsp3) is 0.250. The second-order valence-electron chi connectivity index (χ2n) is 4.93. The summed E-state index contributed by atoms with van der Waals surface area (Å²) in [5, 5.41) is 4.10. The highest BCUT2D eigenvalue weighted by atomic mass is 35.5. The van der Waals surface area contributed by atoms with Gasteiger partial charge < -0.3 is 10.1 Å². The molecule has 2 nitrogen and oxygen atoms in total. The summed E-state index contributed by atoms with van der Waals surface area (Å²) in [7, 11) is 0. The van der Waals surface area contributed by atoms with Gasteiger partial charge in [0.25, 0.3) is 0 Å². The highest BCUT2D eigenvalue weighted by molar-refractivity contribution is 6.31.